The van der Waals surface area contributed by atoms with Crippen LogP contribution in [0, 0.1) is 17.9 Å². The van der Waals surface area contributed by atoms with Crippen LogP contribution in [0.3, 0.4) is 0 Å². The highest BCUT2D eigenvalue weighted by Gasteiger charge is 2.31. The number of piperazine rings is 1. The molecule has 0 amide bonds. The van der Waals surface area contributed by atoms with Crippen LogP contribution >= 0.6 is 11.3 Å². The van der Waals surface area contributed by atoms with Crippen molar-refractivity contribution in [2.75, 3.05) is 18.0 Å². The summed E-state index contributed by atoms with van der Waals surface area (Å²) in [6.07, 6.45) is 0. The minimum absolute atomic E-state index is 0.0836. The molecule has 3 aromatic heterocycles. The van der Waals surface area contributed by atoms with E-state index in [9.17, 15) is 4.79 Å². The summed E-state index contributed by atoms with van der Waals surface area (Å²) < 4.78 is 1.58. The predicted octanol–water partition coefficient (Wildman–Crippen LogP) is 3.52. The molecular formula is C22H22N6OS. The lowest BCUT2D eigenvalue weighted by atomic mass is 10.1. The second-order valence-corrected chi connectivity index (χ2v) is 8.76. The van der Waals surface area contributed by atoms with E-state index in [-0.39, 0.29) is 17.6 Å². The number of anilines is 1. The van der Waals surface area contributed by atoms with Gasteiger partial charge in [-0.25, -0.2) is 0 Å². The average Bonchev–Trinajstić information content (AvgIpc) is 3.20. The van der Waals surface area contributed by atoms with Crippen molar-refractivity contribution >= 4 is 33.9 Å². The van der Waals surface area contributed by atoms with Crippen LogP contribution in [0.15, 0.2) is 34.4 Å². The van der Waals surface area contributed by atoms with Gasteiger partial charge in [0, 0.05) is 55.1 Å². The Labute approximate surface area is 179 Å². The molecule has 3 aromatic rings. The molecule has 4 heterocycles. The molecule has 152 valence electrons. The van der Waals surface area contributed by atoms with Gasteiger partial charge in [-0.05, 0) is 32.0 Å². The van der Waals surface area contributed by atoms with E-state index in [0.29, 0.717) is 16.9 Å². The summed E-state index contributed by atoms with van der Waals surface area (Å²) in [4.78, 5) is 26.4. The van der Waals surface area contributed by atoms with Gasteiger partial charge in [0.25, 0.3) is 11.4 Å². The smallest absolute Gasteiger partial charge is 0.270 e. The first kappa shape index (κ1) is 20.1. The van der Waals surface area contributed by atoms with Crippen LogP contribution in [0.1, 0.15) is 24.3 Å². The lowest BCUT2D eigenvalue weighted by Crippen LogP contribution is -2.56. The minimum atomic E-state index is -0.0836. The Hall–Kier alpha value is -3.20. The molecule has 4 rings (SSSR count). The zero-order chi connectivity index (χ0) is 21.4. The van der Waals surface area contributed by atoms with Crippen LogP contribution in [0.4, 0.5) is 11.5 Å². The first-order valence-corrected chi connectivity index (χ1v) is 10.7. The number of fused-ring (bicyclic) bond motifs is 1. The second-order valence-electron chi connectivity index (χ2n) is 7.77. The van der Waals surface area contributed by atoms with Crippen LogP contribution in [-0.2, 0) is 13.6 Å². The van der Waals surface area contributed by atoms with Gasteiger partial charge in [-0.1, -0.05) is 6.57 Å². The molecule has 0 bridgehead atoms. The second kappa shape index (κ2) is 7.91. The third-order valence-electron chi connectivity index (χ3n) is 5.73. The molecule has 2 atom stereocenters. The fourth-order valence-corrected chi connectivity index (χ4v) is 4.89. The maximum Gasteiger partial charge on any atom is 0.270 e. The molecule has 0 radical (unpaired) electrons. The number of aromatic nitrogens is 2. The van der Waals surface area contributed by atoms with Crippen molar-refractivity contribution in [3.05, 3.63) is 61.9 Å². The lowest BCUT2D eigenvalue weighted by molar-refractivity contribution is 0.159. The molecule has 30 heavy (non-hydrogen) atoms. The van der Waals surface area contributed by atoms with E-state index in [1.807, 2.05) is 11.4 Å². The van der Waals surface area contributed by atoms with Gasteiger partial charge in [-0.3, -0.25) is 9.69 Å². The Balaban J connectivity index is 1.66. The summed E-state index contributed by atoms with van der Waals surface area (Å²) >= 11 is 1.62. The van der Waals surface area contributed by atoms with Crippen molar-refractivity contribution in [2.45, 2.75) is 32.5 Å². The molecule has 1 aliphatic heterocycles. The van der Waals surface area contributed by atoms with Gasteiger partial charge in [0.15, 0.2) is 0 Å². The summed E-state index contributed by atoms with van der Waals surface area (Å²) in [6, 6.07) is 9.67. The molecule has 0 spiro atoms. The molecule has 0 aliphatic carbocycles. The Morgan fingerprint density at radius 2 is 2.10 bits per heavy atom. The molecule has 7 nitrogen and oxygen atoms in total. The third-order valence-corrected chi connectivity index (χ3v) is 6.66. The van der Waals surface area contributed by atoms with E-state index in [2.05, 4.69) is 39.5 Å². The van der Waals surface area contributed by atoms with Crippen molar-refractivity contribution in [3.8, 4) is 6.07 Å². The molecule has 1 saturated heterocycles. The first-order valence-electron chi connectivity index (χ1n) is 9.77. The molecule has 8 heteroatoms. The predicted molar refractivity (Wildman–Crippen MR) is 119 cm³/mol. The fourth-order valence-electron chi connectivity index (χ4n) is 4.06. The third kappa shape index (κ3) is 3.56. The van der Waals surface area contributed by atoms with Crippen LogP contribution in [0.25, 0.3) is 15.9 Å². The molecule has 0 saturated carbocycles. The Morgan fingerprint density at radius 1 is 1.30 bits per heavy atom. The van der Waals surface area contributed by atoms with Gasteiger partial charge in [0.1, 0.15) is 6.07 Å². The highest BCUT2D eigenvalue weighted by atomic mass is 32.1. The van der Waals surface area contributed by atoms with Gasteiger partial charge in [-0.2, -0.15) is 5.26 Å². The number of hydrogen-bond donors (Lipinski definition) is 0. The van der Waals surface area contributed by atoms with E-state index < -0.39 is 0 Å². The summed E-state index contributed by atoms with van der Waals surface area (Å²) in [5, 5.41) is 11.0. The molecular weight excluding hydrogens is 396 g/mol. The van der Waals surface area contributed by atoms with Gasteiger partial charge in [-0.15, -0.1) is 16.3 Å². The fraction of sp³-hybridized carbons (Fsp3) is 0.364. The van der Waals surface area contributed by atoms with Gasteiger partial charge in [0.05, 0.1) is 16.8 Å². The van der Waals surface area contributed by atoms with Gasteiger partial charge in [0.2, 0.25) is 5.52 Å². The van der Waals surface area contributed by atoms with Crippen LogP contribution in [0.5, 0.6) is 0 Å². The molecule has 0 aromatic carbocycles. The minimum Gasteiger partial charge on any atom is -0.362 e. The quantitative estimate of drug-likeness (QED) is 0.609. The number of aryl methyl sites for hydroxylation is 1. The van der Waals surface area contributed by atoms with Crippen molar-refractivity contribution in [2.24, 2.45) is 7.05 Å². The normalized spacial score (nSPS) is 19.6. The van der Waals surface area contributed by atoms with E-state index in [1.165, 1.54) is 4.88 Å². The number of rotatable bonds is 3. The topological polar surface area (TPSA) is 69.5 Å². The van der Waals surface area contributed by atoms with Crippen molar-refractivity contribution in [3.63, 3.8) is 0 Å². The first-order chi connectivity index (χ1) is 14.4. The van der Waals surface area contributed by atoms with Crippen LogP contribution in [-0.4, -0.2) is 39.6 Å². The molecule has 1 fully saturated rings. The summed E-state index contributed by atoms with van der Waals surface area (Å²) in [5.74, 6) is 0.327. The molecule has 0 unspecified atom stereocenters. The van der Waals surface area contributed by atoms with Gasteiger partial charge < -0.3 is 14.3 Å². The number of pyridine rings is 2. The summed E-state index contributed by atoms with van der Waals surface area (Å²) in [5.41, 5.74) is 2.84. The zero-order valence-electron chi connectivity index (χ0n) is 17.2. The largest absolute Gasteiger partial charge is 0.362 e. The Kier molecular flexibility index (Phi) is 5.29. The molecule has 1 aliphatic rings. The Morgan fingerprint density at radius 3 is 2.80 bits per heavy atom. The maximum atomic E-state index is 12.6. The van der Waals surface area contributed by atoms with E-state index >= 15 is 0 Å². The monoisotopic (exact) mass is 418 g/mol. The maximum absolute atomic E-state index is 12.6. The number of thiophene rings is 1. The lowest BCUT2D eigenvalue weighted by Gasteiger charge is -2.45. The summed E-state index contributed by atoms with van der Waals surface area (Å²) in [7, 11) is 1.73. The van der Waals surface area contributed by atoms with Crippen molar-refractivity contribution in [1.82, 2.24) is 14.5 Å². The van der Waals surface area contributed by atoms with E-state index in [0.717, 1.165) is 30.8 Å². The summed E-state index contributed by atoms with van der Waals surface area (Å²) in [6.45, 7) is 14.0. The van der Waals surface area contributed by atoms with Crippen molar-refractivity contribution < 1.29 is 0 Å². The van der Waals surface area contributed by atoms with E-state index in [4.69, 9.17) is 11.8 Å². The van der Waals surface area contributed by atoms with Crippen LogP contribution in [0.2, 0.25) is 0 Å². The highest BCUT2D eigenvalue weighted by Crippen LogP contribution is 2.30. The van der Waals surface area contributed by atoms with Gasteiger partial charge >= 0.3 is 0 Å². The Bertz CT molecular complexity index is 1250. The van der Waals surface area contributed by atoms with Crippen LogP contribution < -0.4 is 10.5 Å². The SMILES string of the molecule is [C-]#[N+]c1ccc2c(n1)c(N1C[C@@H](C)N(Cc3cc(C#N)cs3)C[C@@H]1C)cc(=O)n2C. The standard InChI is InChI=1S/C22H22N6OS/c1-14-11-28(15(2)10-27(14)12-17-7-16(9-23)13-30-17)19-8-21(29)26(4)18-5-6-20(24-3)25-22(18)19/h5-8,13-15H,10-12H2,1-2,4H3/t14-,15+/m1/s1. The molecule has 0 N–H and O–H groups in total. The number of nitriles is 1. The number of nitrogens with zero attached hydrogens (tertiary/aromatic N) is 6. The highest BCUT2D eigenvalue weighted by molar-refractivity contribution is 7.10. The zero-order valence-corrected chi connectivity index (χ0v) is 18.0. The van der Waals surface area contributed by atoms with Crippen molar-refractivity contribution in [1.29, 1.82) is 5.26 Å². The van der Waals surface area contributed by atoms with E-state index in [1.54, 1.807) is 41.2 Å². The average molecular weight is 419 g/mol. The number of hydrogen-bond acceptors (Lipinski definition) is 6.